The van der Waals surface area contributed by atoms with Gasteiger partial charge in [0.15, 0.2) is 5.41 Å². The monoisotopic (exact) mass is 358 g/mol. The molecule has 0 unspecified atom stereocenters. The van der Waals surface area contributed by atoms with E-state index in [-0.39, 0.29) is 12.8 Å². The van der Waals surface area contributed by atoms with Gasteiger partial charge in [-0.05, 0) is 12.5 Å². The van der Waals surface area contributed by atoms with Crippen molar-refractivity contribution in [3.63, 3.8) is 0 Å². The van der Waals surface area contributed by atoms with Crippen LogP contribution in [0, 0.1) is 17.8 Å². The van der Waals surface area contributed by atoms with E-state index in [0.29, 0.717) is 0 Å². The van der Waals surface area contributed by atoms with Crippen LogP contribution in [0.2, 0.25) is 19.1 Å². The lowest BCUT2D eigenvalue weighted by Crippen LogP contribution is -2.41. The highest BCUT2D eigenvalue weighted by molar-refractivity contribution is 6.90. The summed E-state index contributed by atoms with van der Waals surface area (Å²) in [5, 5.41) is 1.36. The van der Waals surface area contributed by atoms with Crippen LogP contribution < -0.4 is 5.19 Å². The third-order valence-electron chi connectivity index (χ3n) is 4.37. The van der Waals surface area contributed by atoms with Crippen LogP contribution in [0.1, 0.15) is 12.8 Å². The van der Waals surface area contributed by atoms with Crippen LogP contribution in [0.3, 0.4) is 0 Å². The fourth-order valence-corrected chi connectivity index (χ4v) is 4.79. The fourth-order valence-electron chi connectivity index (χ4n) is 2.70. The van der Waals surface area contributed by atoms with Crippen LogP contribution >= 0.6 is 0 Å². The average molecular weight is 359 g/mol. The minimum atomic E-state index is -1.62. The summed E-state index contributed by atoms with van der Waals surface area (Å²) >= 11 is 0. The van der Waals surface area contributed by atoms with Gasteiger partial charge in [-0.15, -0.1) is 12.3 Å². The smallest absolute Gasteiger partial charge is 0.324 e. The molecule has 0 spiro atoms. The van der Waals surface area contributed by atoms with Gasteiger partial charge in [0.2, 0.25) is 0 Å². The number of methoxy groups -OCH3 is 2. The molecule has 0 fully saturated rings. The largest absolute Gasteiger partial charge is 0.468 e. The number of benzene rings is 1. The van der Waals surface area contributed by atoms with E-state index >= 15 is 0 Å². The van der Waals surface area contributed by atoms with Crippen LogP contribution in [-0.4, -0.2) is 34.2 Å². The van der Waals surface area contributed by atoms with E-state index in [4.69, 9.17) is 15.9 Å². The molecule has 5 heteroatoms. The number of esters is 2. The molecule has 1 aromatic carbocycles. The van der Waals surface area contributed by atoms with E-state index < -0.39 is 25.4 Å². The van der Waals surface area contributed by atoms with Crippen molar-refractivity contribution in [2.24, 2.45) is 5.41 Å². The zero-order chi connectivity index (χ0) is 18.9. The summed E-state index contributed by atoms with van der Waals surface area (Å²) in [6, 6.07) is 11.3. The van der Waals surface area contributed by atoms with E-state index in [9.17, 15) is 9.59 Å². The first-order valence-corrected chi connectivity index (χ1v) is 11.4. The van der Waals surface area contributed by atoms with Crippen molar-refractivity contribution in [3.05, 3.63) is 42.5 Å². The predicted octanol–water partition coefficient (Wildman–Crippen LogP) is 2.90. The molecule has 1 aromatic rings. The lowest BCUT2D eigenvalue weighted by molar-refractivity contribution is -0.168. The number of carbonyl (C=O) groups excluding carboxylic acids is 2. The van der Waals surface area contributed by atoms with Crippen LogP contribution in [-0.2, 0) is 19.1 Å². The third-order valence-corrected chi connectivity index (χ3v) is 7.53. The summed E-state index contributed by atoms with van der Waals surface area (Å²) in [7, 11) is 0.859. The molecular weight excluding hydrogens is 332 g/mol. The van der Waals surface area contributed by atoms with Crippen LogP contribution in [0.4, 0.5) is 0 Å². The molecule has 25 heavy (non-hydrogen) atoms. The van der Waals surface area contributed by atoms with Crippen molar-refractivity contribution in [1.29, 1.82) is 0 Å². The molecule has 0 aromatic heterocycles. The maximum Gasteiger partial charge on any atom is 0.324 e. The van der Waals surface area contributed by atoms with Gasteiger partial charge in [-0.25, -0.2) is 0 Å². The Balaban J connectivity index is 2.92. The molecule has 0 saturated carbocycles. The maximum atomic E-state index is 12.2. The quantitative estimate of drug-likeness (QED) is 0.236. The minimum Gasteiger partial charge on any atom is -0.468 e. The Morgan fingerprint density at radius 3 is 2.16 bits per heavy atom. The first kappa shape index (κ1) is 20.7. The molecule has 0 heterocycles. The van der Waals surface area contributed by atoms with Crippen molar-refractivity contribution in [1.82, 2.24) is 0 Å². The number of ether oxygens (including phenoxy) is 2. The summed E-state index contributed by atoms with van der Waals surface area (Å²) < 4.78 is 9.60. The van der Waals surface area contributed by atoms with Crippen molar-refractivity contribution >= 4 is 25.2 Å². The first-order valence-electron chi connectivity index (χ1n) is 8.15. The summed E-state index contributed by atoms with van der Waals surface area (Å²) in [6.45, 7) is 4.56. The molecular formula is C20H26O4Si. The molecule has 0 aliphatic heterocycles. The molecule has 0 saturated heterocycles. The average Bonchev–Trinajstić information content (AvgIpc) is 2.63. The van der Waals surface area contributed by atoms with E-state index in [2.05, 4.69) is 31.1 Å². The van der Waals surface area contributed by atoms with Gasteiger partial charge in [0.1, 0.15) is 0 Å². The third kappa shape index (κ3) is 5.07. The molecule has 1 rings (SSSR count). The van der Waals surface area contributed by atoms with Crippen LogP contribution in [0.25, 0.3) is 0 Å². The number of carbonyl (C=O) groups is 2. The van der Waals surface area contributed by atoms with Crippen molar-refractivity contribution < 1.29 is 19.1 Å². The highest BCUT2D eigenvalue weighted by atomic mass is 28.3. The lowest BCUT2D eigenvalue weighted by atomic mass is 9.81. The number of hydrogen-bond acceptors (Lipinski definition) is 4. The number of allylic oxidation sites excluding steroid dienone is 2. The molecule has 0 bridgehead atoms. The second-order valence-corrected chi connectivity index (χ2v) is 11.3. The second kappa shape index (κ2) is 9.24. The summed E-state index contributed by atoms with van der Waals surface area (Å²) in [6.07, 6.45) is 9.33. The summed E-state index contributed by atoms with van der Waals surface area (Å²) in [5.41, 5.74) is -1.48. The zero-order valence-electron chi connectivity index (χ0n) is 15.4. The molecule has 134 valence electrons. The van der Waals surface area contributed by atoms with Gasteiger partial charge in [-0.2, -0.15) is 0 Å². The Labute approximate surface area is 151 Å². The van der Waals surface area contributed by atoms with Gasteiger partial charge in [-0.1, -0.05) is 60.8 Å². The van der Waals surface area contributed by atoms with Crippen LogP contribution in [0.15, 0.2) is 42.5 Å². The number of rotatable bonds is 8. The Morgan fingerprint density at radius 2 is 1.68 bits per heavy atom. The molecule has 0 N–H and O–H groups in total. The van der Waals surface area contributed by atoms with Gasteiger partial charge in [0.25, 0.3) is 0 Å². The van der Waals surface area contributed by atoms with E-state index in [1.165, 1.54) is 19.4 Å². The molecule has 0 radical (unpaired) electrons. The molecule has 0 atom stereocenters. The van der Waals surface area contributed by atoms with Gasteiger partial charge >= 0.3 is 11.9 Å². The minimum absolute atomic E-state index is 0.0593. The molecule has 0 aliphatic carbocycles. The van der Waals surface area contributed by atoms with Gasteiger partial charge < -0.3 is 9.47 Å². The molecule has 0 aliphatic rings. The highest BCUT2D eigenvalue weighted by Gasteiger charge is 2.47. The summed E-state index contributed by atoms with van der Waals surface area (Å²) in [4.78, 5) is 24.4. The van der Waals surface area contributed by atoms with Crippen molar-refractivity contribution in [3.8, 4) is 12.3 Å². The number of hydrogen-bond donors (Lipinski definition) is 0. The lowest BCUT2D eigenvalue weighted by Gasteiger charge is -2.25. The van der Waals surface area contributed by atoms with Crippen LogP contribution in [0.5, 0.6) is 0 Å². The SMILES string of the molecule is C#CCC(C/C=C/C[Si](C)(C)c1ccccc1)(C(=O)OC)C(=O)OC. The fraction of sp³-hybridized carbons (Fsp3) is 0.400. The van der Waals surface area contributed by atoms with E-state index in [1.807, 2.05) is 30.4 Å². The van der Waals surface area contributed by atoms with E-state index in [1.54, 1.807) is 0 Å². The van der Waals surface area contributed by atoms with Gasteiger partial charge in [-0.3, -0.25) is 9.59 Å². The Hall–Kier alpha value is -2.32. The first-order chi connectivity index (χ1) is 11.8. The maximum absolute atomic E-state index is 12.2. The second-order valence-electron chi connectivity index (χ2n) is 6.58. The van der Waals surface area contributed by atoms with Crippen molar-refractivity contribution in [2.45, 2.75) is 32.0 Å². The Morgan fingerprint density at radius 1 is 1.12 bits per heavy atom. The highest BCUT2D eigenvalue weighted by Crippen LogP contribution is 2.31. The predicted molar refractivity (Wildman–Crippen MR) is 102 cm³/mol. The standard InChI is InChI=1S/C20H26O4Si/c1-6-14-20(18(21)23-2,19(22)24-3)15-10-11-16-25(4,5)17-12-8-7-9-13-17/h1,7-13H,14-16H2,2-5H3/b11-10+. The normalized spacial score (nSPS) is 11.8. The Kier molecular flexibility index (Phi) is 7.66. The van der Waals surface area contributed by atoms with Gasteiger partial charge in [0, 0.05) is 6.42 Å². The molecule has 0 amide bonds. The van der Waals surface area contributed by atoms with Crippen molar-refractivity contribution in [2.75, 3.05) is 14.2 Å². The summed E-state index contributed by atoms with van der Waals surface area (Å²) in [5.74, 6) is 1.06. The molecule has 4 nitrogen and oxygen atoms in total. The van der Waals surface area contributed by atoms with Gasteiger partial charge in [0.05, 0.1) is 22.3 Å². The van der Waals surface area contributed by atoms with E-state index in [0.717, 1.165) is 6.04 Å². The zero-order valence-corrected chi connectivity index (χ0v) is 16.4. The topological polar surface area (TPSA) is 52.6 Å². The Bertz CT molecular complexity index is 640. The number of terminal acetylenes is 1.